The quantitative estimate of drug-likeness (QED) is 0.671. The van der Waals surface area contributed by atoms with Gasteiger partial charge in [0.25, 0.3) is 5.91 Å². The van der Waals surface area contributed by atoms with Gasteiger partial charge in [0.05, 0.1) is 10.6 Å². The minimum Gasteiger partial charge on any atom is -0.508 e. The number of phenolic OH excluding ortho intramolecular Hbond substituents is 1. The summed E-state index contributed by atoms with van der Waals surface area (Å²) < 4.78 is 0. The van der Waals surface area contributed by atoms with Crippen LogP contribution in [0.1, 0.15) is 10.4 Å². The number of nitrogens with zero attached hydrogens (tertiary/aromatic N) is 1. The van der Waals surface area contributed by atoms with Crippen molar-refractivity contribution in [1.29, 1.82) is 0 Å². The molecule has 0 unspecified atom stereocenters. The lowest BCUT2D eigenvalue weighted by Crippen LogP contribution is -2.43. The Labute approximate surface area is 113 Å². The predicted octanol–water partition coefficient (Wildman–Crippen LogP) is -0.542. The fraction of sp³-hybridized carbons (Fsp3) is 0.182. The Morgan fingerprint density at radius 2 is 1.68 bits per heavy atom. The van der Waals surface area contributed by atoms with Crippen LogP contribution in [0.5, 0.6) is 5.75 Å². The average Bonchev–Trinajstić information content (AvgIpc) is 2.29. The number of carbonyl (C=O) groups excluding carboxylic acids is 3. The normalized spacial score (nSPS) is 9.95. The minimum absolute atomic E-state index is 0.0517. The highest BCUT2D eigenvalue weighted by Crippen LogP contribution is 2.22. The summed E-state index contributed by atoms with van der Waals surface area (Å²) >= 11 is 5.82. The molecule has 0 fully saturated rings. The van der Waals surface area contributed by atoms with E-state index >= 15 is 0 Å². The molecular formula is C11H12ClN3O4. The molecule has 0 saturated carbocycles. The number of hydrogen-bond donors (Lipinski definition) is 3. The van der Waals surface area contributed by atoms with E-state index in [4.69, 9.17) is 23.1 Å². The van der Waals surface area contributed by atoms with E-state index < -0.39 is 30.8 Å². The van der Waals surface area contributed by atoms with Gasteiger partial charge in [0, 0.05) is 0 Å². The van der Waals surface area contributed by atoms with E-state index in [0.29, 0.717) is 0 Å². The van der Waals surface area contributed by atoms with Gasteiger partial charge in [0.2, 0.25) is 11.8 Å². The maximum Gasteiger partial charge on any atom is 0.256 e. The molecule has 0 aliphatic carbocycles. The molecule has 0 saturated heterocycles. The highest BCUT2D eigenvalue weighted by atomic mass is 35.5. The van der Waals surface area contributed by atoms with Crippen LogP contribution in [0.15, 0.2) is 18.2 Å². The number of carbonyl (C=O) groups is 3. The van der Waals surface area contributed by atoms with Crippen LogP contribution >= 0.6 is 11.6 Å². The van der Waals surface area contributed by atoms with Gasteiger partial charge in [0.15, 0.2) is 0 Å². The first-order chi connectivity index (χ1) is 8.81. The SMILES string of the molecule is NC(=O)CN(CC(N)=O)C(=O)c1cc(O)ccc1Cl. The van der Waals surface area contributed by atoms with Gasteiger partial charge in [-0.2, -0.15) is 0 Å². The molecule has 102 valence electrons. The van der Waals surface area contributed by atoms with Gasteiger partial charge >= 0.3 is 0 Å². The molecule has 0 aliphatic rings. The zero-order chi connectivity index (χ0) is 14.6. The van der Waals surface area contributed by atoms with Crippen LogP contribution in [-0.4, -0.2) is 40.8 Å². The number of benzene rings is 1. The van der Waals surface area contributed by atoms with Gasteiger partial charge in [-0.15, -0.1) is 0 Å². The highest BCUT2D eigenvalue weighted by molar-refractivity contribution is 6.34. The maximum absolute atomic E-state index is 12.1. The molecule has 19 heavy (non-hydrogen) atoms. The van der Waals surface area contributed by atoms with Gasteiger partial charge in [0.1, 0.15) is 18.8 Å². The van der Waals surface area contributed by atoms with Crippen molar-refractivity contribution >= 4 is 29.3 Å². The second-order valence-corrected chi connectivity index (χ2v) is 4.17. The molecule has 8 heteroatoms. The molecule has 0 radical (unpaired) electrons. The summed E-state index contributed by atoms with van der Waals surface area (Å²) in [7, 11) is 0. The molecule has 0 aromatic heterocycles. The maximum atomic E-state index is 12.1. The van der Waals surface area contributed by atoms with E-state index in [-0.39, 0.29) is 16.3 Å². The number of halogens is 1. The Hall–Kier alpha value is -2.28. The van der Waals surface area contributed by atoms with Crippen LogP contribution in [-0.2, 0) is 9.59 Å². The number of nitrogens with two attached hydrogens (primary N) is 2. The molecule has 5 N–H and O–H groups in total. The fourth-order valence-electron chi connectivity index (χ4n) is 1.42. The predicted molar refractivity (Wildman–Crippen MR) is 67.4 cm³/mol. The van der Waals surface area contributed by atoms with Gasteiger partial charge in [-0.05, 0) is 18.2 Å². The Kier molecular flexibility index (Phi) is 4.71. The van der Waals surface area contributed by atoms with Crippen LogP contribution < -0.4 is 11.5 Å². The Morgan fingerprint density at radius 3 is 2.16 bits per heavy atom. The number of aromatic hydroxyl groups is 1. The first-order valence-corrected chi connectivity index (χ1v) is 5.53. The second-order valence-electron chi connectivity index (χ2n) is 3.76. The summed E-state index contributed by atoms with van der Waals surface area (Å²) in [6.45, 7) is -0.957. The van der Waals surface area contributed by atoms with Gasteiger partial charge in [-0.1, -0.05) is 11.6 Å². The minimum atomic E-state index is -0.800. The van der Waals surface area contributed by atoms with Crippen molar-refractivity contribution in [1.82, 2.24) is 4.90 Å². The van der Waals surface area contributed by atoms with Crippen LogP contribution in [0, 0.1) is 0 Å². The summed E-state index contributed by atoms with van der Waals surface area (Å²) in [5.41, 5.74) is 9.92. The number of primary amides is 2. The highest BCUT2D eigenvalue weighted by Gasteiger charge is 2.22. The lowest BCUT2D eigenvalue weighted by molar-refractivity contribution is -0.121. The number of rotatable bonds is 5. The molecule has 0 bridgehead atoms. The summed E-state index contributed by atoms with van der Waals surface area (Å²) in [5.74, 6) is -2.50. The standard InChI is InChI=1S/C11H12ClN3O4/c12-8-2-1-6(16)3-7(8)11(19)15(4-9(13)17)5-10(14)18/h1-3,16H,4-5H2,(H2,13,17)(H2,14,18). The topological polar surface area (TPSA) is 127 Å². The summed E-state index contributed by atoms with van der Waals surface area (Å²) in [6.07, 6.45) is 0. The third-order valence-corrected chi connectivity index (χ3v) is 2.49. The van der Waals surface area contributed by atoms with Crippen LogP contribution in [0.25, 0.3) is 0 Å². The van der Waals surface area contributed by atoms with E-state index in [2.05, 4.69) is 0 Å². The Bertz CT molecular complexity index is 517. The van der Waals surface area contributed by atoms with Crippen molar-refractivity contribution in [3.8, 4) is 5.75 Å². The molecule has 0 heterocycles. The zero-order valence-electron chi connectivity index (χ0n) is 9.80. The zero-order valence-corrected chi connectivity index (χ0v) is 10.6. The Balaban J connectivity index is 3.07. The van der Waals surface area contributed by atoms with Crippen molar-refractivity contribution in [2.75, 3.05) is 13.1 Å². The first-order valence-electron chi connectivity index (χ1n) is 5.15. The molecule has 0 spiro atoms. The number of amides is 3. The number of phenols is 1. The smallest absolute Gasteiger partial charge is 0.256 e. The van der Waals surface area contributed by atoms with E-state index in [0.717, 1.165) is 11.0 Å². The van der Waals surface area contributed by atoms with Crippen molar-refractivity contribution in [2.45, 2.75) is 0 Å². The van der Waals surface area contributed by atoms with Crippen molar-refractivity contribution in [3.63, 3.8) is 0 Å². The van der Waals surface area contributed by atoms with Gasteiger partial charge in [-0.25, -0.2) is 0 Å². The van der Waals surface area contributed by atoms with Crippen LogP contribution in [0.4, 0.5) is 0 Å². The number of hydrogen-bond acceptors (Lipinski definition) is 4. The van der Waals surface area contributed by atoms with Crippen molar-refractivity contribution < 1.29 is 19.5 Å². The van der Waals surface area contributed by atoms with Gasteiger partial charge < -0.3 is 21.5 Å². The molecule has 3 amide bonds. The van der Waals surface area contributed by atoms with Crippen molar-refractivity contribution in [3.05, 3.63) is 28.8 Å². The molecule has 7 nitrogen and oxygen atoms in total. The molecule has 1 aromatic carbocycles. The second kappa shape index (κ2) is 6.05. The largest absolute Gasteiger partial charge is 0.508 e. The van der Waals surface area contributed by atoms with Gasteiger partial charge in [-0.3, -0.25) is 14.4 Å². The van der Waals surface area contributed by atoms with E-state index in [1.54, 1.807) is 0 Å². The van der Waals surface area contributed by atoms with Crippen LogP contribution in [0.3, 0.4) is 0 Å². The monoisotopic (exact) mass is 285 g/mol. The Morgan fingerprint density at radius 1 is 1.16 bits per heavy atom. The third kappa shape index (κ3) is 4.14. The molecular weight excluding hydrogens is 274 g/mol. The van der Waals surface area contributed by atoms with Crippen molar-refractivity contribution in [2.24, 2.45) is 11.5 Å². The first kappa shape index (κ1) is 14.8. The third-order valence-electron chi connectivity index (χ3n) is 2.16. The van der Waals surface area contributed by atoms with E-state index in [1.807, 2.05) is 0 Å². The molecule has 0 atom stereocenters. The van der Waals surface area contributed by atoms with E-state index in [9.17, 15) is 19.5 Å². The molecule has 1 aromatic rings. The van der Waals surface area contributed by atoms with Crippen LogP contribution in [0.2, 0.25) is 5.02 Å². The summed E-state index contributed by atoms with van der Waals surface area (Å²) in [5, 5.41) is 9.39. The lowest BCUT2D eigenvalue weighted by atomic mass is 10.2. The fourth-order valence-corrected chi connectivity index (χ4v) is 1.62. The summed E-state index contributed by atoms with van der Waals surface area (Å²) in [6, 6.07) is 3.74. The molecule has 1 rings (SSSR count). The molecule has 0 aliphatic heterocycles. The summed E-state index contributed by atoms with van der Waals surface area (Å²) in [4.78, 5) is 34.7. The lowest BCUT2D eigenvalue weighted by Gasteiger charge is -2.20. The average molecular weight is 286 g/mol. The van der Waals surface area contributed by atoms with E-state index in [1.165, 1.54) is 12.1 Å².